The summed E-state index contributed by atoms with van der Waals surface area (Å²) in [5.74, 6) is 1.73. The van der Waals surface area contributed by atoms with E-state index in [1.165, 1.54) is 22.4 Å². The predicted molar refractivity (Wildman–Crippen MR) is 77.4 cm³/mol. The second-order valence-electron chi connectivity index (χ2n) is 5.32. The number of ether oxygens (including phenoxy) is 2. The Bertz CT molecular complexity index is 719. The van der Waals surface area contributed by atoms with Gasteiger partial charge in [0, 0.05) is 24.1 Å². The molecule has 0 unspecified atom stereocenters. The molecule has 0 radical (unpaired) electrons. The second kappa shape index (κ2) is 4.37. The normalized spacial score (nSPS) is 15.8. The van der Waals surface area contributed by atoms with Crippen molar-refractivity contribution in [3.63, 3.8) is 0 Å². The molecule has 2 aliphatic heterocycles. The van der Waals surface area contributed by atoms with Crippen LogP contribution in [0.25, 0.3) is 0 Å². The number of hydrogen-bond acceptors (Lipinski definition) is 2. The van der Waals surface area contributed by atoms with Crippen molar-refractivity contribution in [1.82, 2.24) is 0 Å². The Morgan fingerprint density at radius 1 is 1.05 bits per heavy atom. The fraction of sp³-hybridized carbons (Fsp3) is 0.235. The smallest absolute Gasteiger partial charge is 0.231 e. The minimum Gasteiger partial charge on any atom is -0.454 e. The minimum absolute atomic E-state index is 0.333. The topological polar surface area (TPSA) is 21.5 Å². The summed E-state index contributed by atoms with van der Waals surface area (Å²) in [6.45, 7) is 3.45. The highest BCUT2D eigenvalue weighted by Gasteiger charge is 2.23. The van der Waals surface area contributed by atoms with Crippen LogP contribution in [0.3, 0.4) is 0 Å². The molecule has 20 heavy (non-hydrogen) atoms. The van der Waals surface area contributed by atoms with Crippen molar-refractivity contribution in [3.8, 4) is 11.5 Å². The summed E-state index contributed by atoms with van der Waals surface area (Å²) in [5.41, 5.74) is 5.08. The standard InChI is InChI=1S/C17H16NO2/c1-12-3-2-4-15(7-12)18-6-5-13-8-16-17(20-11-19-16)9-14(13)10-18/h2-4,7-10H,5-6,11H2,1H3/q+1. The average Bonchev–Trinajstić information content (AvgIpc) is 2.91. The molecule has 4 rings (SSSR count). The van der Waals surface area contributed by atoms with Crippen molar-refractivity contribution in [2.24, 2.45) is 0 Å². The van der Waals surface area contributed by atoms with Gasteiger partial charge < -0.3 is 9.47 Å². The molecule has 0 bridgehead atoms. The maximum atomic E-state index is 5.46. The van der Waals surface area contributed by atoms with Gasteiger partial charge in [0.15, 0.2) is 24.3 Å². The van der Waals surface area contributed by atoms with Crippen LogP contribution in [0.5, 0.6) is 11.5 Å². The summed E-state index contributed by atoms with van der Waals surface area (Å²) in [6, 6.07) is 12.8. The van der Waals surface area contributed by atoms with Gasteiger partial charge in [-0.15, -0.1) is 0 Å². The van der Waals surface area contributed by atoms with E-state index in [2.05, 4.69) is 54.1 Å². The van der Waals surface area contributed by atoms with Gasteiger partial charge in [-0.25, -0.2) is 0 Å². The number of fused-ring (bicyclic) bond motifs is 2. The van der Waals surface area contributed by atoms with Crippen molar-refractivity contribution in [2.75, 3.05) is 13.3 Å². The fourth-order valence-corrected chi connectivity index (χ4v) is 2.82. The lowest BCUT2D eigenvalue weighted by molar-refractivity contribution is -0.436. The molecule has 0 fully saturated rings. The molecular formula is C17H16NO2+. The van der Waals surface area contributed by atoms with Crippen LogP contribution in [0.15, 0.2) is 36.4 Å². The van der Waals surface area contributed by atoms with Gasteiger partial charge in [0.1, 0.15) is 0 Å². The number of nitrogens with zero attached hydrogens (tertiary/aromatic N) is 1. The molecule has 0 N–H and O–H groups in total. The van der Waals surface area contributed by atoms with E-state index >= 15 is 0 Å². The summed E-state index contributed by atoms with van der Waals surface area (Å²) in [6.07, 6.45) is 3.23. The molecule has 100 valence electrons. The zero-order valence-electron chi connectivity index (χ0n) is 11.4. The van der Waals surface area contributed by atoms with Crippen molar-refractivity contribution in [2.45, 2.75) is 13.3 Å². The quantitative estimate of drug-likeness (QED) is 0.740. The molecule has 0 saturated heterocycles. The molecule has 0 spiro atoms. The van der Waals surface area contributed by atoms with E-state index in [0.717, 1.165) is 24.5 Å². The maximum absolute atomic E-state index is 5.46. The van der Waals surface area contributed by atoms with Gasteiger partial charge in [-0.05, 0) is 30.2 Å². The maximum Gasteiger partial charge on any atom is 0.231 e. The van der Waals surface area contributed by atoms with Crippen LogP contribution in [0.4, 0.5) is 5.69 Å². The summed E-state index contributed by atoms with van der Waals surface area (Å²) >= 11 is 0. The first kappa shape index (κ1) is 11.5. The Labute approximate surface area is 118 Å². The Hall–Kier alpha value is -2.29. The molecule has 0 atom stereocenters. The molecule has 2 aliphatic rings. The monoisotopic (exact) mass is 266 g/mol. The first-order chi connectivity index (χ1) is 9.79. The van der Waals surface area contributed by atoms with E-state index in [4.69, 9.17) is 9.47 Å². The van der Waals surface area contributed by atoms with Gasteiger partial charge in [0.2, 0.25) is 12.5 Å². The van der Waals surface area contributed by atoms with Gasteiger partial charge in [-0.2, -0.15) is 4.58 Å². The number of hydrogen-bond donors (Lipinski definition) is 0. The fourth-order valence-electron chi connectivity index (χ4n) is 2.82. The van der Waals surface area contributed by atoms with Crippen LogP contribution in [0, 0.1) is 6.92 Å². The lowest BCUT2D eigenvalue weighted by Gasteiger charge is -2.13. The third kappa shape index (κ3) is 1.86. The highest BCUT2D eigenvalue weighted by molar-refractivity contribution is 5.81. The van der Waals surface area contributed by atoms with Crippen LogP contribution >= 0.6 is 0 Å². The van der Waals surface area contributed by atoms with Crippen LogP contribution in [0.1, 0.15) is 16.7 Å². The number of aryl methyl sites for hydroxylation is 1. The summed E-state index contributed by atoms with van der Waals surface area (Å²) < 4.78 is 13.2. The molecule has 2 heterocycles. The summed E-state index contributed by atoms with van der Waals surface area (Å²) in [5, 5.41) is 0. The van der Waals surface area contributed by atoms with E-state index in [1.807, 2.05) is 0 Å². The van der Waals surface area contributed by atoms with E-state index in [0.29, 0.717) is 6.79 Å². The molecule has 0 amide bonds. The number of benzene rings is 2. The van der Waals surface area contributed by atoms with E-state index in [9.17, 15) is 0 Å². The number of rotatable bonds is 1. The predicted octanol–water partition coefficient (Wildman–Crippen LogP) is 3.04. The zero-order chi connectivity index (χ0) is 13.5. The van der Waals surface area contributed by atoms with Crippen LogP contribution in [-0.2, 0) is 6.42 Å². The van der Waals surface area contributed by atoms with Crippen molar-refractivity contribution >= 4 is 11.9 Å². The lowest BCUT2D eigenvalue weighted by atomic mass is 10.0. The molecule has 3 nitrogen and oxygen atoms in total. The molecule has 3 heteroatoms. The molecule has 0 saturated carbocycles. The average molecular weight is 266 g/mol. The molecule has 2 aromatic carbocycles. The highest BCUT2D eigenvalue weighted by atomic mass is 16.7. The van der Waals surface area contributed by atoms with Gasteiger partial charge >= 0.3 is 0 Å². The zero-order valence-corrected chi connectivity index (χ0v) is 11.4. The van der Waals surface area contributed by atoms with E-state index < -0.39 is 0 Å². The van der Waals surface area contributed by atoms with Gasteiger partial charge in [0.05, 0.1) is 0 Å². The van der Waals surface area contributed by atoms with Crippen molar-refractivity contribution < 1.29 is 14.0 Å². The third-order valence-electron chi connectivity index (χ3n) is 3.88. The SMILES string of the molecule is Cc1cccc([N+]2=Cc3cc4c(cc3CC2)OCO4)c1. The van der Waals surface area contributed by atoms with Gasteiger partial charge in [0.25, 0.3) is 0 Å². The van der Waals surface area contributed by atoms with Crippen LogP contribution in [-0.4, -0.2) is 24.1 Å². The Balaban J connectivity index is 1.78. The molecule has 0 aromatic heterocycles. The van der Waals surface area contributed by atoms with Gasteiger partial charge in [-0.1, -0.05) is 12.1 Å². The summed E-state index contributed by atoms with van der Waals surface area (Å²) in [4.78, 5) is 0. The lowest BCUT2D eigenvalue weighted by Crippen LogP contribution is -2.18. The van der Waals surface area contributed by atoms with E-state index in [-0.39, 0.29) is 0 Å². The first-order valence-corrected chi connectivity index (χ1v) is 6.90. The molecule has 2 aromatic rings. The molecule has 0 aliphatic carbocycles. The Kier molecular flexibility index (Phi) is 2.52. The third-order valence-corrected chi connectivity index (χ3v) is 3.88. The van der Waals surface area contributed by atoms with Crippen molar-refractivity contribution in [3.05, 3.63) is 53.1 Å². The minimum atomic E-state index is 0.333. The first-order valence-electron chi connectivity index (χ1n) is 6.90. The van der Waals surface area contributed by atoms with Gasteiger partial charge in [-0.3, -0.25) is 0 Å². The van der Waals surface area contributed by atoms with Crippen molar-refractivity contribution in [1.29, 1.82) is 0 Å². The second-order valence-corrected chi connectivity index (χ2v) is 5.32. The van der Waals surface area contributed by atoms with Crippen LogP contribution in [0.2, 0.25) is 0 Å². The molecular weight excluding hydrogens is 250 g/mol. The van der Waals surface area contributed by atoms with E-state index in [1.54, 1.807) is 0 Å². The Morgan fingerprint density at radius 2 is 1.90 bits per heavy atom. The van der Waals surface area contributed by atoms with Crippen LogP contribution < -0.4 is 9.47 Å². The Morgan fingerprint density at radius 3 is 2.75 bits per heavy atom. The summed E-state index contributed by atoms with van der Waals surface area (Å²) in [7, 11) is 0. The largest absolute Gasteiger partial charge is 0.454 e. The highest BCUT2D eigenvalue weighted by Crippen LogP contribution is 2.35.